The van der Waals surface area contributed by atoms with Crippen LogP contribution in [0.2, 0.25) is 5.15 Å². The molecule has 1 aliphatic rings. The number of carbonyl (C=O) groups is 1. The number of pyridine rings is 1. The predicted octanol–water partition coefficient (Wildman–Crippen LogP) is 3.21. The van der Waals surface area contributed by atoms with Crippen molar-refractivity contribution in [1.82, 2.24) is 4.98 Å². The van der Waals surface area contributed by atoms with Crippen molar-refractivity contribution in [3.05, 3.63) is 40.0 Å². The molecular weight excluding hydrogens is 322 g/mol. The molecule has 0 spiro atoms. The Balaban J connectivity index is 2.17. The Morgan fingerprint density at radius 1 is 1.42 bits per heavy atom. The molecule has 24 heavy (non-hydrogen) atoms. The van der Waals surface area contributed by atoms with Gasteiger partial charge in [0.25, 0.3) is 0 Å². The first-order valence-electron chi connectivity index (χ1n) is 8.62. The number of carbonyl (C=O) groups excluding carboxylic acids is 1. The van der Waals surface area contributed by atoms with E-state index in [1.807, 2.05) is 25.1 Å². The summed E-state index contributed by atoms with van der Waals surface area (Å²) < 4.78 is 5.37. The maximum Gasteiger partial charge on any atom is 0.139 e. The quantitative estimate of drug-likeness (QED) is 0.742. The molecule has 1 saturated carbocycles. The molecule has 3 nitrogen and oxygen atoms in total. The van der Waals surface area contributed by atoms with Crippen LogP contribution in [0.5, 0.6) is 0 Å². The summed E-state index contributed by atoms with van der Waals surface area (Å²) in [6, 6.07) is 2.03. The second-order valence-electron chi connectivity index (χ2n) is 6.25. The number of aryl methyl sites for hydroxylation is 1. The lowest BCUT2D eigenvalue weighted by molar-refractivity contribution is -0.123. The van der Waals surface area contributed by atoms with E-state index >= 15 is 0 Å². The van der Waals surface area contributed by atoms with Gasteiger partial charge in [0.1, 0.15) is 10.9 Å². The minimum atomic E-state index is 0.158. The second kappa shape index (κ2) is 9.14. The van der Waals surface area contributed by atoms with Crippen molar-refractivity contribution in [2.24, 2.45) is 5.92 Å². The Bertz CT molecular complexity index is 703. The lowest BCUT2D eigenvalue weighted by atomic mass is 9.83. The average Bonchev–Trinajstić information content (AvgIpc) is 2.61. The van der Waals surface area contributed by atoms with Crippen molar-refractivity contribution in [2.45, 2.75) is 51.6 Å². The molecule has 0 amide bonds. The number of methoxy groups -OCH3 is 1. The molecule has 0 N–H and O–H groups in total. The van der Waals surface area contributed by atoms with Gasteiger partial charge in [-0.2, -0.15) is 0 Å². The van der Waals surface area contributed by atoms with Crippen LogP contribution in [0.25, 0.3) is 12.2 Å². The average molecular weight is 348 g/mol. The molecule has 0 aliphatic heterocycles. The summed E-state index contributed by atoms with van der Waals surface area (Å²) in [4.78, 5) is 16.9. The summed E-state index contributed by atoms with van der Waals surface area (Å²) in [7, 11) is 1.75. The monoisotopic (exact) mass is 347 g/mol. The highest BCUT2D eigenvalue weighted by Crippen LogP contribution is 2.27. The zero-order valence-corrected chi connectivity index (χ0v) is 15.3. The summed E-state index contributed by atoms with van der Waals surface area (Å²) in [5.74, 6) is 0.465. The van der Waals surface area contributed by atoms with Crippen LogP contribution in [0.3, 0.4) is 0 Å². The molecule has 130 valence electrons. The third-order valence-corrected chi connectivity index (χ3v) is 5.08. The Labute approximate surface area is 149 Å². The van der Waals surface area contributed by atoms with Gasteiger partial charge in [-0.1, -0.05) is 37.3 Å². The van der Waals surface area contributed by atoms with E-state index in [2.05, 4.69) is 11.6 Å². The first-order chi connectivity index (χ1) is 11.6. The van der Waals surface area contributed by atoms with Crippen molar-refractivity contribution in [2.75, 3.05) is 7.11 Å². The van der Waals surface area contributed by atoms with E-state index in [9.17, 15) is 4.79 Å². The van der Waals surface area contributed by atoms with E-state index < -0.39 is 0 Å². The second-order valence-corrected chi connectivity index (χ2v) is 6.61. The van der Waals surface area contributed by atoms with Gasteiger partial charge in [-0.05, 0) is 55.0 Å². The van der Waals surface area contributed by atoms with Crippen LogP contribution < -0.4 is 10.6 Å². The number of halogens is 1. The summed E-state index contributed by atoms with van der Waals surface area (Å²) in [5, 5.41) is 2.24. The molecule has 1 aromatic rings. The smallest absolute Gasteiger partial charge is 0.139 e. The lowest BCUT2D eigenvalue weighted by Crippen LogP contribution is -2.30. The van der Waals surface area contributed by atoms with Crippen LogP contribution in [-0.4, -0.2) is 24.0 Å². The van der Waals surface area contributed by atoms with Crippen LogP contribution in [0, 0.1) is 5.92 Å². The van der Waals surface area contributed by atoms with Crippen molar-refractivity contribution in [1.29, 1.82) is 0 Å². The van der Waals surface area contributed by atoms with E-state index in [0.29, 0.717) is 23.5 Å². The largest absolute Gasteiger partial charge is 0.381 e. The number of allylic oxidation sites excluding steroid dienone is 1. The third kappa shape index (κ3) is 4.78. The van der Waals surface area contributed by atoms with Gasteiger partial charge in [0.05, 0.1) is 11.5 Å². The molecular formula is C20H26ClNO2. The molecule has 4 heteroatoms. The van der Waals surface area contributed by atoms with Crippen LogP contribution in [-0.2, 0) is 16.0 Å². The summed E-state index contributed by atoms with van der Waals surface area (Å²) >= 11 is 6.19. The number of hydrogen-bond acceptors (Lipinski definition) is 3. The third-order valence-electron chi connectivity index (χ3n) is 4.75. The fourth-order valence-corrected chi connectivity index (χ4v) is 3.50. The van der Waals surface area contributed by atoms with Crippen molar-refractivity contribution < 1.29 is 9.53 Å². The van der Waals surface area contributed by atoms with Crippen LogP contribution >= 0.6 is 11.6 Å². The highest BCUT2D eigenvalue weighted by atomic mass is 35.5. The topological polar surface area (TPSA) is 39.2 Å². The predicted molar refractivity (Wildman–Crippen MR) is 99.4 cm³/mol. The minimum Gasteiger partial charge on any atom is -0.381 e. The number of nitrogens with zero attached hydrogens (tertiary/aromatic N) is 1. The SMILES string of the molecule is C=C/C=c1/nc(Cl)c(CC)c/c1=C/CC(=O)C1CCC(OC)CC1. The van der Waals surface area contributed by atoms with Crippen molar-refractivity contribution in [3.63, 3.8) is 0 Å². The summed E-state index contributed by atoms with van der Waals surface area (Å²) in [6.07, 6.45) is 10.9. The molecule has 0 bridgehead atoms. The molecule has 0 unspecified atom stereocenters. The molecule has 1 fully saturated rings. The van der Waals surface area contributed by atoms with Gasteiger partial charge in [0.15, 0.2) is 0 Å². The maximum atomic E-state index is 12.5. The summed E-state index contributed by atoms with van der Waals surface area (Å²) in [5.41, 5.74) is 0.997. The van der Waals surface area contributed by atoms with Crippen LogP contribution in [0.1, 0.15) is 44.6 Å². The molecule has 0 radical (unpaired) electrons. The van der Waals surface area contributed by atoms with Crippen molar-refractivity contribution in [3.8, 4) is 0 Å². The zero-order valence-electron chi connectivity index (χ0n) is 14.6. The number of hydrogen-bond donors (Lipinski definition) is 0. The van der Waals surface area contributed by atoms with E-state index in [0.717, 1.165) is 48.2 Å². The zero-order chi connectivity index (χ0) is 17.5. The summed E-state index contributed by atoms with van der Waals surface area (Å²) in [6.45, 7) is 5.77. The molecule has 0 aromatic carbocycles. The highest BCUT2D eigenvalue weighted by molar-refractivity contribution is 6.30. The number of Topliss-reactive ketones (excluding diaryl/α,β-unsaturated/α-hetero) is 1. The first-order valence-corrected chi connectivity index (χ1v) is 9.00. The van der Waals surface area contributed by atoms with Crippen LogP contribution in [0.15, 0.2) is 18.7 Å². The van der Waals surface area contributed by atoms with E-state index in [-0.39, 0.29) is 5.92 Å². The fourth-order valence-electron chi connectivity index (χ4n) is 3.22. The number of ketones is 1. The first kappa shape index (κ1) is 18.9. The fraction of sp³-hybridized carbons (Fsp3) is 0.500. The Morgan fingerprint density at radius 2 is 2.12 bits per heavy atom. The molecule has 0 saturated heterocycles. The van der Waals surface area contributed by atoms with Gasteiger partial charge in [0.2, 0.25) is 0 Å². The van der Waals surface area contributed by atoms with Gasteiger partial charge in [-0.3, -0.25) is 4.79 Å². The van der Waals surface area contributed by atoms with E-state index in [4.69, 9.17) is 16.3 Å². The van der Waals surface area contributed by atoms with Crippen molar-refractivity contribution >= 4 is 29.5 Å². The molecule has 2 rings (SSSR count). The van der Waals surface area contributed by atoms with Crippen LogP contribution in [0.4, 0.5) is 0 Å². The molecule has 1 heterocycles. The molecule has 0 atom stereocenters. The highest BCUT2D eigenvalue weighted by Gasteiger charge is 2.25. The van der Waals surface area contributed by atoms with Gasteiger partial charge in [0, 0.05) is 19.4 Å². The van der Waals surface area contributed by atoms with E-state index in [1.165, 1.54) is 0 Å². The maximum absolute atomic E-state index is 12.5. The lowest BCUT2D eigenvalue weighted by Gasteiger charge is -2.26. The molecule has 1 aliphatic carbocycles. The van der Waals surface area contributed by atoms with Gasteiger partial charge < -0.3 is 4.74 Å². The molecule has 1 aromatic heterocycles. The minimum absolute atomic E-state index is 0.158. The standard InChI is InChI=1S/C20H26ClNO2/c1-4-6-18-16(13-14(5-2)20(21)22-18)9-12-19(23)15-7-10-17(24-3)11-8-15/h4,6,9,13,15,17H,1,5,7-8,10-12H2,2-3H3/b16-9-,18-6+. The number of ether oxygens (including phenoxy) is 1. The Hall–Kier alpha value is -1.45. The Kier molecular flexibility index (Phi) is 7.19. The van der Waals surface area contributed by atoms with E-state index in [1.54, 1.807) is 13.2 Å². The number of aromatic nitrogens is 1. The van der Waals surface area contributed by atoms with Gasteiger partial charge >= 0.3 is 0 Å². The number of rotatable bonds is 6. The normalized spacial score (nSPS) is 22.6. The van der Waals surface area contributed by atoms with Gasteiger partial charge in [-0.25, -0.2) is 4.98 Å². The van der Waals surface area contributed by atoms with Gasteiger partial charge in [-0.15, -0.1) is 0 Å². The Morgan fingerprint density at radius 3 is 2.71 bits per heavy atom.